The maximum Gasteiger partial charge on any atom is 0.193 e. The molecular weight excluding hydrogens is 337 g/mol. The number of nitrogens with one attached hydrogen (secondary N) is 1. The van der Waals surface area contributed by atoms with Crippen molar-refractivity contribution >= 4 is 5.96 Å². The lowest BCUT2D eigenvalue weighted by Gasteiger charge is -2.22. The van der Waals surface area contributed by atoms with Crippen LogP contribution in [0.2, 0.25) is 0 Å². The van der Waals surface area contributed by atoms with Crippen molar-refractivity contribution in [3.63, 3.8) is 0 Å². The first-order chi connectivity index (χ1) is 12.6. The molecule has 1 aliphatic carbocycles. The molecule has 2 N–H and O–H groups in total. The van der Waals surface area contributed by atoms with Crippen molar-refractivity contribution in [2.24, 2.45) is 10.9 Å². The lowest BCUT2D eigenvalue weighted by Crippen LogP contribution is -2.41. The fourth-order valence-electron chi connectivity index (χ4n) is 2.31. The molecule has 1 aromatic carbocycles. The lowest BCUT2D eigenvalue weighted by molar-refractivity contribution is 0.0367. The molecule has 0 radical (unpaired) electrons. The average molecular weight is 367 g/mol. The summed E-state index contributed by atoms with van der Waals surface area (Å²) in [5.74, 6) is 1.74. The van der Waals surface area contributed by atoms with Gasteiger partial charge in [0.15, 0.2) is 5.96 Å². The van der Waals surface area contributed by atoms with E-state index in [1.165, 1.54) is 25.0 Å². The number of rotatable bonds is 11. The Morgan fingerprint density at radius 1 is 1.38 bits per heavy atom. The number of likely N-dealkylation sites (N-methyl/N-ethyl adjacent to an activating group) is 1. The van der Waals surface area contributed by atoms with Crippen LogP contribution < -0.4 is 10.1 Å². The largest absolute Gasteiger partial charge is 0.492 e. The molecule has 0 amide bonds. The van der Waals surface area contributed by atoms with E-state index >= 15 is 0 Å². The standard InChI is InChI=1S/C19H30FN3O3/c1-3-21-19(22-12-17(24)14-25-13-15-4-5-15)23(2)10-11-26-18-8-6-16(20)7-9-18/h6-9,15,17,24H,3-5,10-14H2,1-2H3,(H,21,22). The van der Waals surface area contributed by atoms with E-state index in [0.29, 0.717) is 37.4 Å². The minimum absolute atomic E-state index is 0.282. The van der Waals surface area contributed by atoms with Gasteiger partial charge in [-0.05, 0) is 49.9 Å². The molecule has 1 atom stereocenters. The van der Waals surface area contributed by atoms with E-state index < -0.39 is 6.10 Å². The van der Waals surface area contributed by atoms with Crippen molar-refractivity contribution in [3.8, 4) is 5.75 Å². The van der Waals surface area contributed by atoms with Crippen LogP contribution in [0.25, 0.3) is 0 Å². The highest BCUT2D eigenvalue weighted by Crippen LogP contribution is 2.28. The SMILES string of the molecule is CCNC(=NCC(O)COCC1CC1)N(C)CCOc1ccc(F)cc1. The van der Waals surface area contributed by atoms with Crippen LogP contribution in [0.1, 0.15) is 19.8 Å². The van der Waals surface area contributed by atoms with Gasteiger partial charge in [-0.3, -0.25) is 4.99 Å². The van der Waals surface area contributed by atoms with Crippen LogP contribution in [0.5, 0.6) is 5.75 Å². The van der Waals surface area contributed by atoms with E-state index in [0.717, 1.165) is 13.2 Å². The van der Waals surface area contributed by atoms with Crippen LogP contribution in [0, 0.1) is 11.7 Å². The first-order valence-corrected chi connectivity index (χ1v) is 9.22. The number of hydrogen-bond acceptors (Lipinski definition) is 4. The molecule has 1 aliphatic rings. The summed E-state index contributed by atoms with van der Waals surface area (Å²) in [6.45, 7) is 5.12. The Hall–Kier alpha value is -1.86. The summed E-state index contributed by atoms with van der Waals surface area (Å²) in [5.41, 5.74) is 0. The third-order valence-corrected chi connectivity index (χ3v) is 4.02. The molecule has 1 fully saturated rings. The number of aliphatic hydroxyl groups excluding tert-OH is 1. The van der Waals surface area contributed by atoms with Gasteiger partial charge in [-0.25, -0.2) is 4.39 Å². The first-order valence-electron chi connectivity index (χ1n) is 9.22. The van der Waals surface area contributed by atoms with Crippen LogP contribution in [0.3, 0.4) is 0 Å². The van der Waals surface area contributed by atoms with Crippen molar-refractivity contribution < 1.29 is 19.0 Å². The van der Waals surface area contributed by atoms with Crippen LogP contribution in [-0.4, -0.2) is 68.6 Å². The molecule has 2 rings (SSSR count). The van der Waals surface area contributed by atoms with Gasteiger partial charge >= 0.3 is 0 Å². The summed E-state index contributed by atoms with van der Waals surface area (Å²) in [4.78, 5) is 6.40. The molecule has 0 aliphatic heterocycles. The number of guanidine groups is 1. The molecule has 0 heterocycles. The quantitative estimate of drug-likeness (QED) is 0.462. The Kier molecular flexibility index (Phi) is 8.64. The molecule has 0 aromatic heterocycles. The second-order valence-corrected chi connectivity index (χ2v) is 6.55. The minimum atomic E-state index is -0.605. The third kappa shape index (κ3) is 8.01. The van der Waals surface area contributed by atoms with Crippen LogP contribution >= 0.6 is 0 Å². The zero-order chi connectivity index (χ0) is 18.8. The Bertz CT molecular complexity index is 549. The minimum Gasteiger partial charge on any atom is -0.492 e. The fourth-order valence-corrected chi connectivity index (χ4v) is 2.31. The fraction of sp³-hybridized carbons (Fsp3) is 0.632. The Balaban J connectivity index is 1.71. The van der Waals surface area contributed by atoms with E-state index in [2.05, 4.69) is 10.3 Å². The van der Waals surface area contributed by atoms with E-state index in [-0.39, 0.29) is 12.4 Å². The number of benzene rings is 1. The predicted molar refractivity (Wildman–Crippen MR) is 100 cm³/mol. The van der Waals surface area contributed by atoms with Gasteiger partial charge in [-0.2, -0.15) is 0 Å². The monoisotopic (exact) mass is 367 g/mol. The highest BCUT2D eigenvalue weighted by Gasteiger charge is 2.21. The van der Waals surface area contributed by atoms with Gasteiger partial charge < -0.3 is 24.8 Å². The second-order valence-electron chi connectivity index (χ2n) is 6.55. The van der Waals surface area contributed by atoms with Crippen molar-refractivity contribution in [3.05, 3.63) is 30.1 Å². The topological polar surface area (TPSA) is 66.3 Å². The summed E-state index contributed by atoms with van der Waals surface area (Å²) in [6.07, 6.45) is 1.87. The summed E-state index contributed by atoms with van der Waals surface area (Å²) in [6, 6.07) is 5.95. The van der Waals surface area contributed by atoms with Crippen molar-refractivity contribution in [2.45, 2.75) is 25.9 Å². The zero-order valence-corrected chi connectivity index (χ0v) is 15.7. The molecule has 1 aromatic rings. The Labute approximate surface area is 155 Å². The number of ether oxygens (including phenoxy) is 2. The Morgan fingerprint density at radius 3 is 2.77 bits per heavy atom. The highest BCUT2D eigenvalue weighted by molar-refractivity contribution is 5.79. The van der Waals surface area contributed by atoms with Crippen molar-refractivity contribution in [2.75, 3.05) is 46.5 Å². The van der Waals surface area contributed by atoms with E-state index in [9.17, 15) is 9.50 Å². The van der Waals surface area contributed by atoms with Crippen molar-refractivity contribution in [1.82, 2.24) is 10.2 Å². The summed E-state index contributed by atoms with van der Waals surface area (Å²) in [7, 11) is 1.91. The van der Waals surface area contributed by atoms with Gasteiger partial charge in [0, 0.05) is 20.2 Å². The van der Waals surface area contributed by atoms with Gasteiger partial charge in [0.05, 0.1) is 25.8 Å². The average Bonchev–Trinajstić information content (AvgIpc) is 3.44. The molecule has 1 saturated carbocycles. The van der Waals surface area contributed by atoms with Gasteiger partial charge in [0.2, 0.25) is 0 Å². The number of nitrogens with zero attached hydrogens (tertiary/aromatic N) is 2. The van der Waals surface area contributed by atoms with Crippen LogP contribution in [0.15, 0.2) is 29.3 Å². The smallest absolute Gasteiger partial charge is 0.193 e. The summed E-state index contributed by atoms with van der Waals surface area (Å²) < 4.78 is 24.0. The van der Waals surface area contributed by atoms with Crippen LogP contribution in [-0.2, 0) is 4.74 Å². The number of aliphatic hydroxyl groups is 1. The molecule has 0 bridgehead atoms. The van der Waals surface area contributed by atoms with Crippen LogP contribution in [0.4, 0.5) is 4.39 Å². The first kappa shape index (κ1) is 20.5. The summed E-state index contributed by atoms with van der Waals surface area (Å²) >= 11 is 0. The predicted octanol–water partition coefficient (Wildman–Crippen LogP) is 1.89. The molecule has 7 heteroatoms. The Morgan fingerprint density at radius 2 is 2.12 bits per heavy atom. The third-order valence-electron chi connectivity index (χ3n) is 4.02. The molecule has 146 valence electrons. The molecule has 0 spiro atoms. The van der Waals surface area contributed by atoms with Gasteiger partial charge in [-0.1, -0.05) is 0 Å². The van der Waals surface area contributed by atoms with Gasteiger partial charge in [0.25, 0.3) is 0 Å². The van der Waals surface area contributed by atoms with E-state index in [4.69, 9.17) is 9.47 Å². The summed E-state index contributed by atoms with van der Waals surface area (Å²) in [5, 5.41) is 13.2. The lowest BCUT2D eigenvalue weighted by atomic mass is 10.3. The normalized spacial score (nSPS) is 15.6. The zero-order valence-electron chi connectivity index (χ0n) is 15.7. The highest BCUT2D eigenvalue weighted by atomic mass is 19.1. The molecule has 26 heavy (non-hydrogen) atoms. The van der Waals surface area contributed by atoms with E-state index in [1.54, 1.807) is 12.1 Å². The number of aliphatic imine (C=N–C) groups is 1. The molecule has 6 nitrogen and oxygen atoms in total. The second kappa shape index (κ2) is 11.0. The molecule has 0 saturated heterocycles. The number of hydrogen-bond donors (Lipinski definition) is 2. The van der Waals surface area contributed by atoms with Gasteiger partial charge in [0.1, 0.15) is 18.2 Å². The maximum atomic E-state index is 12.9. The molecular formula is C19H30FN3O3. The van der Waals surface area contributed by atoms with Gasteiger partial charge in [-0.15, -0.1) is 0 Å². The molecule has 1 unspecified atom stereocenters. The maximum absolute atomic E-state index is 12.9. The van der Waals surface area contributed by atoms with Crippen molar-refractivity contribution in [1.29, 1.82) is 0 Å². The number of halogens is 1. The van der Waals surface area contributed by atoms with E-state index in [1.807, 2.05) is 18.9 Å².